The minimum Gasteiger partial charge on any atom is -0.298 e. The number of azide groups is 1. The number of rotatable bonds is 3. The molecule has 152 valence electrons. The summed E-state index contributed by atoms with van der Waals surface area (Å²) in [6.07, 6.45) is -4.73. The largest absolute Gasteiger partial charge is 0.417 e. The monoisotopic (exact) mass is 428 g/mol. The molecule has 0 spiro atoms. The zero-order valence-electron chi connectivity index (χ0n) is 15.9. The van der Waals surface area contributed by atoms with Crippen LogP contribution in [0.2, 0.25) is 0 Å². The highest BCUT2D eigenvalue weighted by Crippen LogP contribution is 2.51. The third-order valence-corrected chi connectivity index (χ3v) is 5.85. The molecule has 3 rings (SSSR count). The van der Waals surface area contributed by atoms with Gasteiger partial charge in [-0.3, -0.25) is 4.79 Å². The van der Waals surface area contributed by atoms with E-state index in [0.29, 0.717) is 16.1 Å². The van der Waals surface area contributed by atoms with Gasteiger partial charge in [0.2, 0.25) is 0 Å². The Hall–Kier alpha value is -3.21. The molecule has 0 bridgehead atoms. The maximum Gasteiger partial charge on any atom is 0.417 e. The van der Waals surface area contributed by atoms with Crippen molar-refractivity contribution in [1.29, 1.82) is 5.26 Å². The molecule has 1 saturated carbocycles. The van der Waals surface area contributed by atoms with Crippen molar-refractivity contribution in [1.82, 2.24) is 0 Å². The maximum absolute atomic E-state index is 13.4. The SMILES string of the molecule is CC1(C)C(=O)C(c2ccc(C#N)c(C(F)(F)F)c2)C(=S)C1c1ccc(N=[N+]=[N-])cc1. The van der Waals surface area contributed by atoms with Crippen LogP contribution in [0, 0.1) is 16.7 Å². The third kappa shape index (κ3) is 3.56. The number of benzene rings is 2. The van der Waals surface area contributed by atoms with E-state index in [0.717, 1.165) is 12.1 Å². The second kappa shape index (κ2) is 7.56. The van der Waals surface area contributed by atoms with Crippen LogP contribution >= 0.6 is 12.2 Å². The zero-order chi connectivity index (χ0) is 22.3. The second-order valence-corrected chi connectivity index (χ2v) is 8.02. The summed E-state index contributed by atoms with van der Waals surface area (Å²) in [5.41, 5.74) is 7.22. The number of hydrogen-bond acceptors (Lipinski definition) is 4. The lowest BCUT2D eigenvalue weighted by molar-refractivity contribution is -0.138. The number of nitrogens with zero attached hydrogens (tertiary/aromatic N) is 4. The molecule has 0 saturated heterocycles. The lowest BCUT2D eigenvalue weighted by Gasteiger charge is -2.25. The number of alkyl halides is 3. The summed E-state index contributed by atoms with van der Waals surface area (Å²) < 4.78 is 40.2. The number of ketones is 1. The van der Waals surface area contributed by atoms with Crippen LogP contribution in [0.25, 0.3) is 10.4 Å². The summed E-state index contributed by atoms with van der Waals surface area (Å²) in [5, 5.41) is 12.5. The molecule has 2 aromatic carbocycles. The van der Waals surface area contributed by atoms with E-state index in [2.05, 4.69) is 10.0 Å². The average Bonchev–Trinajstić information content (AvgIpc) is 2.86. The molecule has 1 aliphatic rings. The number of halogens is 3. The molecular formula is C21H15F3N4OS. The number of carbonyl (C=O) groups excluding carboxylic acids is 1. The van der Waals surface area contributed by atoms with Crippen molar-refractivity contribution in [3.05, 3.63) is 75.2 Å². The summed E-state index contributed by atoms with van der Waals surface area (Å²) in [4.78, 5) is 16.2. The van der Waals surface area contributed by atoms with Crippen molar-refractivity contribution in [2.45, 2.75) is 31.9 Å². The minimum atomic E-state index is -4.73. The van der Waals surface area contributed by atoms with Gasteiger partial charge in [0.15, 0.2) is 5.78 Å². The predicted octanol–water partition coefficient (Wildman–Crippen LogP) is 6.37. The Bertz CT molecular complexity index is 1130. The van der Waals surface area contributed by atoms with Gasteiger partial charge in [0.05, 0.1) is 23.1 Å². The van der Waals surface area contributed by atoms with Gasteiger partial charge >= 0.3 is 6.18 Å². The molecule has 5 nitrogen and oxygen atoms in total. The molecule has 2 atom stereocenters. The fourth-order valence-electron chi connectivity index (χ4n) is 3.92. The van der Waals surface area contributed by atoms with E-state index in [1.165, 1.54) is 12.1 Å². The molecule has 0 aromatic heterocycles. The first-order chi connectivity index (χ1) is 14.0. The topological polar surface area (TPSA) is 89.6 Å². The highest BCUT2D eigenvalue weighted by atomic mass is 32.1. The summed E-state index contributed by atoms with van der Waals surface area (Å²) in [5.74, 6) is -1.78. The number of carbonyl (C=O) groups is 1. The van der Waals surface area contributed by atoms with Gasteiger partial charge in [-0.05, 0) is 28.8 Å². The third-order valence-electron chi connectivity index (χ3n) is 5.38. The van der Waals surface area contributed by atoms with Gasteiger partial charge in [0.1, 0.15) is 0 Å². The van der Waals surface area contributed by atoms with E-state index < -0.39 is 34.6 Å². The van der Waals surface area contributed by atoms with Gasteiger partial charge in [0, 0.05) is 26.8 Å². The maximum atomic E-state index is 13.4. The second-order valence-electron chi connectivity index (χ2n) is 7.55. The van der Waals surface area contributed by atoms with Crippen LogP contribution in [0.3, 0.4) is 0 Å². The van der Waals surface area contributed by atoms with Crippen LogP contribution in [0.15, 0.2) is 47.6 Å². The smallest absolute Gasteiger partial charge is 0.298 e. The van der Waals surface area contributed by atoms with Crippen LogP contribution in [0.4, 0.5) is 18.9 Å². The molecule has 30 heavy (non-hydrogen) atoms. The molecule has 9 heteroatoms. The van der Waals surface area contributed by atoms with E-state index in [9.17, 15) is 18.0 Å². The predicted molar refractivity (Wildman–Crippen MR) is 108 cm³/mol. The Kier molecular flexibility index (Phi) is 5.42. The Balaban J connectivity index is 2.08. The molecule has 2 unspecified atom stereocenters. The van der Waals surface area contributed by atoms with Crippen LogP contribution in [-0.4, -0.2) is 10.6 Å². The van der Waals surface area contributed by atoms with Gasteiger partial charge in [-0.1, -0.05) is 61.5 Å². The number of thiocarbonyl (C=S) groups is 1. The summed E-state index contributed by atoms with van der Waals surface area (Å²) >= 11 is 5.58. The van der Waals surface area contributed by atoms with Crippen molar-refractivity contribution in [3.63, 3.8) is 0 Å². The highest BCUT2D eigenvalue weighted by Gasteiger charge is 2.53. The first kappa shape index (κ1) is 21.5. The average molecular weight is 428 g/mol. The van der Waals surface area contributed by atoms with Gasteiger partial charge in [-0.15, -0.1) is 0 Å². The molecule has 0 amide bonds. The van der Waals surface area contributed by atoms with E-state index in [4.69, 9.17) is 23.0 Å². The van der Waals surface area contributed by atoms with Gasteiger partial charge in [0.25, 0.3) is 0 Å². The number of Topliss-reactive ketones (excluding diaryl/α,β-unsaturated/α-hetero) is 1. The van der Waals surface area contributed by atoms with E-state index in [-0.39, 0.29) is 11.3 Å². The Morgan fingerprint density at radius 1 is 1.17 bits per heavy atom. The van der Waals surface area contributed by atoms with Crippen molar-refractivity contribution in [2.24, 2.45) is 10.5 Å². The van der Waals surface area contributed by atoms with Crippen molar-refractivity contribution in [3.8, 4) is 6.07 Å². The first-order valence-electron chi connectivity index (χ1n) is 8.86. The first-order valence-corrected chi connectivity index (χ1v) is 9.27. The van der Waals surface area contributed by atoms with Crippen molar-refractivity contribution < 1.29 is 18.0 Å². The Labute approximate surface area is 175 Å². The van der Waals surface area contributed by atoms with Crippen LogP contribution in [0.1, 0.15) is 47.9 Å². The lowest BCUT2D eigenvalue weighted by Crippen LogP contribution is -2.25. The van der Waals surface area contributed by atoms with Crippen LogP contribution in [0.5, 0.6) is 0 Å². The zero-order valence-corrected chi connectivity index (χ0v) is 16.8. The quantitative estimate of drug-likeness (QED) is 0.246. The van der Waals surface area contributed by atoms with Crippen LogP contribution < -0.4 is 0 Å². The molecule has 0 N–H and O–H groups in total. The molecule has 0 heterocycles. The van der Waals surface area contributed by atoms with E-state index in [1.54, 1.807) is 38.1 Å². The molecule has 1 aliphatic carbocycles. The van der Waals surface area contributed by atoms with Gasteiger partial charge in [-0.25, -0.2) is 0 Å². The van der Waals surface area contributed by atoms with Gasteiger partial charge in [-0.2, -0.15) is 18.4 Å². The van der Waals surface area contributed by atoms with Crippen molar-refractivity contribution >= 4 is 28.6 Å². The van der Waals surface area contributed by atoms with E-state index >= 15 is 0 Å². The van der Waals surface area contributed by atoms with Gasteiger partial charge < -0.3 is 0 Å². The summed E-state index contributed by atoms with van der Waals surface area (Å²) in [6, 6.07) is 11.4. The summed E-state index contributed by atoms with van der Waals surface area (Å²) in [6.45, 7) is 3.42. The fourth-order valence-corrected chi connectivity index (χ4v) is 4.59. The number of nitriles is 1. The number of hydrogen-bond donors (Lipinski definition) is 0. The normalized spacial score (nSPS) is 20.5. The molecule has 0 aliphatic heterocycles. The molecule has 0 radical (unpaired) electrons. The van der Waals surface area contributed by atoms with E-state index in [1.807, 2.05) is 0 Å². The Morgan fingerprint density at radius 3 is 2.30 bits per heavy atom. The Morgan fingerprint density at radius 2 is 1.77 bits per heavy atom. The minimum absolute atomic E-state index is 0.123. The lowest BCUT2D eigenvalue weighted by atomic mass is 9.77. The highest BCUT2D eigenvalue weighted by molar-refractivity contribution is 7.80. The molecule has 2 aromatic rings. The van der Waals surface area contributed by atoms with Crippen LogP contribution in [-0.2, 0) is 11.0 Å². The molecular weight excluding hydrogens is 413 g/mol. The molecule has 1 fully saturated rings. The fraction of sp³-hybridized carbons (Fsp3) is 0.286. The standard InChI is InChI=1S/C21H15F3N4OS/c1-20(2)17(11-5-7-14(8-6-11)27-28-26)18(30)16(19(20)29)12-3-4-13(10-25)15(9-12)21(22,23)24/h3-9,16-17H,1-2H3. The van der Waals surface area contributed by atoms with Crippen molar-refractivity contribution in [2.75, 3.05) is 0 Å². The summed E-state index contributed by atoms with van der Waals surface area (Å²) in [7, 11) is 0.